The third-order valence-corrected chi connectivity index (χ3v) is 3.40. The molecule has 0 bridgehead atoms. The largest absolute Gasteiger partial charge is 0.457 e. The molecule has 0 spiro atoms. The maximum Gasteiger partial charge on any atom is 0.146 e. The predicted octanol–water partition coefficient (Wildman–Crippen LogP) is 4.21. The van der Waals surface area contributed by atoms with Gasteiger partial charge in [0.2, 0.25) is 0 Å². The van der Waals surface area contributed by atoms with Crippen LogP contribution in [0.5, 0.6) is 11.5 Å². The molecule has 4 heteroatoms. The van der Waals surface area contributed by atoms with Gasteiger partial charge >= 0.3 is 0 Å². The van der Waals surface area contributed by atoms with Gasteiger partial charge in [0.15, 0.2) is 0 Å². The van der Waals surface area contributed by atoms with Crippen LogP contribution >= 0.6 is 11.6 Å². The van der Waals surface area contributed by atoms with E-state index in [2.05, 4.69) is 5.16 Å². The molecule has 1 atom stereocenters. The van der Waals surface area contributed by atoms with Crippen LogP contribution in [-0.2, 0) is 4.84 Å². The Kier molecular flexibility index (Phi) is 3.88. The van der Waals surface area contributed by atoms with Gasteiger partial charge in [-0.2, -0.15) is 0 Å². The van der Waals surface area contributed by atoms with Gasteiger partial charge in [-0.25, -0.2) is 0 Å². The van der Waals surface area contributed by atoms with Crippen LogP contribution < -0.4 is 4.74 Å². The standard InChI is InChI=1S/C16H14ClNO2/c17-11-15-10-16(18-20-15)12-5-4-8-14(9-12)19-13-6-2-1-3-7-13/h1-9,15H,10-11H2. The van der Waals surface area contributed by atoms with Crippen molar-refractivity contribution >= 4 is 17.3 Å². The third kappa shape index (κ3) is 2.94. The number of ether oxygens (including phenoxy) is 1. The number of halogens is 1. The second-order valence-corrected chi connectivity index (χ2v) is 4.88. The Labute approximate surface area is 122 Å². The summed E-state index contributed by atoms with van der Waals surface area (Å²) < 4.78 is 5.81. The van der Waals surface area contributed by atoms with Crippen LogP contribution in [0.25, 0.3) is 0 Å². The molecule has 102 valence electrons. The molecule has 1 unspecified atom stereocenters. The number of benzene rings is 2. The summed E-state index contributed by atoms with van der Waals surface area (Å²) in [5.41, 5.74) is 1.92. The normalized spacial score (nSPS) is 17.4. The van der Waals surface area contributed by atoms with Crippen molar-refractivity contribution in [2.45, 2.75) is 12.5 Å². The fourth-order valence-electron chi connectivity index (χ4n) is 2.05. The average Bonchev–Trinajstić information content (AvgIpc) is 2.98. The Bertz CT molecular complexity index is 613. The lowest BCUT2D eigenvalue weighted by molar-refractivity contribution is 0.102. The van der Waals surface area contributed by atoms with Crippen LogP contribution in [0.3, 0.4) is 0 Å². The molecule has 0 aliphatic carbocycles. The molecular formula is C16H14ClNO2. The highest BCUT2D eigenvalue weighted by Crippen LogP contribution is 2.24. The first kappa shape index (κ1) is 13.0. The van der Waals surface area contributed by atoms with Crippen LogP contribution in [0.1, 0.15) is 12.0 Å². The molecule has 1 aliphatic rings. The minimum Gasteiger partial charge on any atom is -0.457 e. The van der Waals surface area contributed by atoms with Gasteiger partial charge in [0.1, 0.15) is 17.6 Å². The first-order valence-electron chi connectivity index (χ1n) is 6.47. The maximum atomic E-state index is 5.81. The smallest absolute Gasteiger partial charge is 0.146 e. The van der Waals surface area contributed by atoms with E-state index in [1.807, 2.05) is 54.6 Å². The molecule has 20 heavy (non-hydrogen) atoms. The zero-order valence-corrected chi connectivity index (χ0v) is 11.6. The van der Waals surface area contributed by atoms with Crippen molar-refractivity contribution in [3.8, 4) is 11.5 Å². The second kappa shape index (κ2) is 5.97. The highest BCUT2D eigenvalue weighted by molar-refractivity contribution is 6.18. The Hall–Kier alpha value is -2.00. The fourth-order valence-corrected chi connectivity index (χ4v) is 2.21. The lowest BCUT2D eigenvalue weighted by Crippen LogP contribution is -2.09. The van der Waals surface area contributed by atoms with E-state index in [0.717, 1.165) is 29.2 Å². The van der Waals surface area contributed by atoms with Gasteiger partial charge in [-0.05, 0) is 24.3 Å². The van der Waals surface area contributed by atoms with Crippen molar-refractivity contribution < 1.29 is 9.57 Å². The molecule has 0 saturated heterocycles. The van der Waals surface area contributed by atoms with Crippen molar-refractivity contribution in [2.75, 3.05) is 5.88 Å². The quantitative estimate of drug-likeness (QED) is 0.789. The van der Waals surface area contributed by atoms with E-state index in [-0.39, 0.29) is 6.10 Å². The molecule has 0 fully saturated rings. The summed E-state index contributed by atoms with van der Waals surface area (Å²) in [6.07, 6.45) is 0.712. The van der Waals surface area contributed by atoms with Gasteiger partial charge in [-0.15, -0.1) is 11.6 Å². The summed E-state index contributed by atoms with van der Waals surface area (Å²) >= 11 is 5.78. The van der Waals surface area contributed by atoms with Crippen molar-refractivity contribution in [3.05, 3.63) is 60.2 Å². The summed E-state index contributed by atoms with van der Waals surface area (Å²) in [4.78, 5) is 5.24. The van der Waals surface area contributed by atoms with Crippen molar-refractivity contribution in [3.63, 3.8) is 0 Å². The molecule has 0 radical (unpaired) electrons. The summed E-state index contributed by atoms with van der Waals surface area (Å²) in [5, 5.41) is 4.08. The van der Waals surface area contributed by atoms with Crippen LogP contribution in [-0.4, -0.2) is 17.7 Å². The minimum atomic E-state index is -0.0228. The number of hydrogen-bond acceptors (Lipinski definition) is 3. The van der Waals surface area contributed by atoms with Crippen LogP contribution in [0.4, 0.5) is 0 Å². The van der Waals surface area contributed by atoms with Crippen LogP contribution in [0.2, 0.25) is 0 Å². The van der Waals surface area contributed by atoms with Gasteiger partial charge in [0, 0.05) is 12.0 Å². The van der Waals surface area contributed by atoms with E-state index < -0.39 is 0 Å². The molecule has 3 rings (SSSR count). The Morgan fingerprint density at radius 3 is 2.65 bits per heavy atom. The number of hydrogen-bond donors (Lipinski definition) is 0. The topological polar surface area (TPSA) is 30.8 Å². The van der Waals surface area contributed by atoms with Crippen molar-refractivity contribution in [2.24, 2.45) is 5.16 Å². The lowest BCUT2D eigenvalue weighted by Gasteiger charge is -2.07. The van der Waals surface area contributed by atoms with Gasteiger partial charge < -0.3 is 9.57 Å². The lowest BCUT2D eigenvalue weighted by atomic mass is 10.1. The SMILES string of the molecule is ClCC1CC(c2cccc(Oc3ccccc3)c2)=NO1. The molecule has 2 aromatic rings. The van der Waals surface area contributed by atoms with E-state index in [9.17, 15) is 0 Å². The highest BCUT2D eigenvalue weighted by Gasteiger charge is 2.21. The zero-order valence-electron chi connectivity index (χ0n) is 10.8. The molecule has 0 saturated carbocycles. The monoisotopic (exact) mass is 287 g/mol. The zero-order chi connectivity index (χ0) is 13.8. The molecule has 3 nitrogen and oxygen atoms in total. The number of alkyl halides is 1. The summed E-state index contributed by atoms with van der Waals surface area (Å²) in [6, 6.07) is 17.5. The van der Waals surface area contributed by atoms with Gasteiger partial charge in [0.25, 0.3) is 0 Å². The summed E-state index contributed by atoms with van der Waals surface area (Å²) in [6.45, 7) is 0. The summed E-state index contributed by atoms with van der Waals surface area (Å²) in [7, 11) is 0. The molecule has 0 amide bonds. The molecule has 1 heterocycles. The highest BCUT2D eigenvalue weighted by atomic mass is 35.5. The summed E-state index contributed by atoms with van der Waals surface area (Å²) in [5.74, 6) is 2.05. The first-order valence-corrected chi connectivity index (χ1v) is 7.00. The Balaban J connectivity index is 1.77. The Morgan fingerprint density at radius 1 is 1.10 bits per heavy atom. The van der Waals surface area contributed by atoms with E-state index in [0.29, 0.717) is 5.88 Å². The Morgan fingerprint density at radius 2 is 1.90 bits per heavy atom. The fraction of sp³-hybridized carbons (Fsp3) is 0.188. The molecule has 0 aromatic heterocycles. The minimum absolute atomic E-state index is 0.0228. The van der Waals surface area contributed by atoms with E-state index in [1.54, 1.807) is 0 Å². The van der Waals surface area contributed by atoms with Gasteiger partial charge in [0.05, 0.1) is 11.6 Å². The van der Waals surface area contributed by atoms with Gasteiger partial charge in [-0.3, -0.25) is 0 Å². The molecule has 0 N–H and O–H groups in total. The van der Waals surface area contributed by atoms with Crippen LogP contribution in [0, 0.1) is 0 Å². The predicted molar refractivity (Wildman–Crippen MR) is 79.7 cm³/mol. The van der Waals surface area contributed by atoms with Crippen molar-refractivity contribution in [1.29, 1.82) is 0 Å². The number of rotatable bonds is 4. The van der Waals surface area contributed by atoms with E-state index >= 15 is 0 Å². The molecular weight excluding hydrogens is 274 g/mol. The molecule has 2 aromatic carbocycles. The van der Waals surface area contributed by atoms with E-state index in [4.69, 9.17) is 21.2 Å². The van der Waals surface area contributed by atoms with Crippen molar-refractivity contribution in [1.82, 2.24) is 0 Å². The first-order chi connectivity index (χ1) is 9.85. The van der Waals surface area contributed by atoms with Gasteiger partial charge in [-0.1, -0.05) is 35.5 Å². The average molecular weight is 288 g/mol. The third-order valence-electron chi connectivity index (χ3n) is 3.05. The number of oxime groups is 1. The number of nitrogens with zero attached hydrogens (tertiary/aromatic N) is 1. The number of para-hydroxylation sites is 1. The van der Waals surface area contributed by atoms with Crippen LogP contribution in [0.15, 0.2) is 59.8 Å². The maximum absolute atomic E-state index is 5.81. The molecule has 1 aliphatic heterocycles. The van der Waals surface area contributed by atoms with E-state index in [1.165, 1.54) is 0 Å². The second-order valence-electron chi connectivity index (χ2n) is 4.57.